The third-order valence-electron chi connectivity index (χ3n) is 7.87. The first-order valence-corrected chi connectivity index (χ1v) is 13.8. The Morgan fingerprint density at radius 2 is 1.62 bits per heavy atom. The third-order valence-corrected chi connectivity index (χ3v) is 8.49. The highest BCUT2D eigenvalue weighted by Crippen LogP contribution is 2.47. The Balaban J connectivity index is 1.42. The van der Waals surface area contributed by atoms with Crippen LogP contribution in [0.4, 0.5) is 11.4 Å². The van der Waals surface area contributed by atoms with Crippen molar-refractivity contribution in [2.24, 2.45) is 11.8 Å². The number of allylic oxidation sites excluding steroid dienone is 2. The van der Waals surface area contributed by atoms with E-state index in [1.807, 2.05) is 0 Å². The molecule has 0 bridgehead atoms. The minimum atomic E-state index is -1.06. The average Bonchev–Trinajstić information content (AvgIpc) is 3.48. The molecule has 2 amide bonds. The second-order valence-corrected chi connectivity index (χ2v) is 10.9. The second kappa shape index (κ2) is 10.5. The Morgan fingerprint density at radius 1 is 0.929 bits per heavy atom. The molecule has 3 aromatic rings. The number of benzene rings is 3. The highest BCUT2D eigenvalue weighted by Gasteiger charge is 2.63. The standard InChI is InChI=1S/C31H22BrN3O7/c1-42-24-12-7-18(15-22(24)32)29(37)27-26-25(30(38)34(31(26)39)20-8-10-21(11-9-20)35(40)41)23-16-19(13-14-33(23)27)28(36)17-5-3-2-4-6-17/h2-16,23,25-27H,1H3/t23-,25+,26-,27+/m1/s1. The van der Waals surface area contributed by atoms with Gasteiger partial charge in [-0.15, -0.1) is 0 Å². The number of Topliss-reactive ketones (excluding diaryl/α,β-unsaturated/α-hetero) is 2. The number of non-ortho nitro benzene ring substituents is 1. The predicted octanol–water partition coefficient (Wildman–Crippen LogP) is 4.74. The molecule has 0 aromatic heterocycles. The summed E-state index contributed by atoms with van der Waals surface area (Å²) in [5, 5.41) is 11.1. The molecule has 11 heteroatoms. The van der Waals surface area contributed by atoms with Crippen molar-refractivity contribution in [1.82, 2.24) is 4.90 Å². The van der Waals surface area contributed by atoms with Crippen LogP contribution in [0.1, 0.15) is 20.7 Å². The van der Waals surface area contributed by atoms with Crippen LogP contribution in [0, 0.1) is 22.0 Å². The zero-order valence-electron chi connectivity index (χ0n) is 22.0. The molecule has 0 unspecified atom stereocenters. The van der Waals surface area contributed by atoms with Crippen molar-refractivity contribution in [1.29, 1.82) is 0 Å². The molecule has 4 atom stereocenters. The maximum Gasteiger partial charge on any atom is 0.269 e. The van der Waals surface area contributed by atoms with Crippen molar-refractivity contribution in [3.63, 3.8) is 0 Å². The highest BCUT2D eigenvalue weighted by molar-refractivity contribution is 9.10. The topological polar surface area (TPSA) is 127 Å². The summed E-state index contributed by atoms with van der Waals surface area (Å²) < 4.78 is 5.83. The zero-order valence-corrected chi connectivity index (χ0v) is 23.6. The van der Waals surface area contributed by atoms with E-state index in [1.165, 1.54) is 31.4 Å². The maximum absolute atomic E-state index is 14.1. The Labute approximate surface area is 248 Å². The third kappa shape index (κ3) is 4.33. The monoisotopic (exact) mass is 627 g/mol. The van der Waals surface area contributed by atoms with Gasteiger partial charge in [0.2, 0.25) is 11.8 Å². The van der Waals surface area contributed by atoms with Gasteiger partial charge in [-0.25, -0.2) is 4.90 Å². The Morgan fingerprint density at radius 3 is 2.26 bits per heavy atom. The van der Waals surface area contributed by atoms with Gasteiger partial charge in [0, 0.05) is 35.0 Å². The number of amides is 2. The number of ketones is 2. The number of methoxy groups -OCH3 is 1. The predicted molar refractivity (Wildman–Crippen MR) is 155 cm³/mol. The van der Waals surface area contributed by atoms with E-state index in [-0.39, 0.29) is 22.9 Å². The van der Waals surface area contributed by atoms with E-state index in [0.29, 0.717) is 26.9 Å². The van der Waals surface area contributed by atoms with Gasteiger partial charge in [-0.1, -0.05) is 36.4 Å². The fraction of sp³-hybridized carbons (Fsp3) is 0.161. The van der Waals surface area contributed by atoms with Crippen LogP contribution in [0.5, 0.6) is 5.75 Å². The Kier molecular flexibility index (Phi) is 6.82. The molecule has 0 N–H and O–H groups in total. The van der Waals surface area contributed by atoms with Crippen molar-refractivity contribution in [2.45, 2.75) is 12.1 Å². The quantitative estimate of drug-likeness (QED) is 0.159. The molecule has 3 aliphatic heterocycles. The number of imide groups is 1. The van der Waals surface area contributed by atoms with Gasteiger partial charge in [-0.05, 0) is 52.3 Å². The van der Waals surface area contributed by atoms with E-state index in [4.69, 9.17) is 4.74 Å². The SMILES string of the molecule is COc1ccc(C(=O)[C@@H]2[C@@H]3C(=O)N(c4ccc([N+](=O)[O-])cc4)C(=O)[C@H]3[C@H]3C=C(C(=O)c4ccccc4)C=CN32)cc1Br. The largest absolute Gasteiger partial charge is 0.496 e. The van der Waals surface area contributed by atoms with Crippen LogP contribution < -0.4 is 9.64 Å². The molecule has 3 heterocycles. The first-order chi connectivity index (χ1) is 20.2. The maximum atomic E-state index is 14.1. The Bertz CT molecular complexity index is 1720. The number of nitro groups is 1. The van der Waals surface area contributed by atoms with Gasteiger partial charge in [0.05, 0.1) is 40.1 Å². The molecule has 10 nitrogen and oxygen atoms in total. The van der Waals surface area contributed by atoms with Gasteiger partial charge in [-0.2, -0.15) is 0 Å². The normalized spacial score (nSPS) is 22.5. The minimum absolute atomic E-state index is 0.172. The summed E-state index contributed by atoms with van der Waals surface area (Å²) in [5.74, 6) is -3.26. The van der Waals surface area contributed by atoms with Crippen molar-refractivity contribution in [2.75, 3.05) is 12.0 Å². The first-order valence-electron chi connectivity index (χ1n) is 13.0. The molecule has 0 saturated carbocycles. The minimum Gasteiger partial charge on any atom is -0.496 e. The molecule has 3 aliphatic rings. The van der Waals surface area contributed by atoms with Crippen molar-refractivity contribution in [3.05, 3.63) is 122 Å². The number of fused-ring (bicyclic) bond motifs is 3. The smallest absolute Gasteiger partial charge is 0.269 e. The van der Waals surface area contributed by atoms with E-state index >= 15 is 0 Å². The van der Waals surface area contributed by atoms with Gasteiger partial charge in [0.25, 0.3) is 5.69 Å². The lowest BCUT2D eigenvalue weighted by Gasteiger charge is -2.32. The average molecular weight is 628 g/mol. The number of hydrogen-bond acceptors (Lipinski definition) is 8. The number of carbonyl (C=O) groups is 4. The summed E-state index contributed by atoms with van der Waals surface area (Å²) >= 11 is 3.40. The highest BCUT2D eigenvalue weighted by atomic mass is 79.9. The molecule has 3 aromatic carbocycles. The number of nitro benzene ring substituents is 1. The molecule has 0 radical (unpaired) electrons. The van der Waals surface area contributed by atoms with E-state index < -0.39 is 40.7 Å². The van der Waals surface area contributed by atoms with Crippen LogP contribution in [-0.2, 0) is 9.59 Å². The lowest BCUT2D eigenvalue weighted by molar-refractivity contribution is -0.384. The number of hydrogen-bond donors (Lipinski definition) is 0. The number of anilines is 1. The lowest BCUT2D eigenvalue weighted by Crippen LogP contribution is -2.46. The van der Waals surface area contributed by atoms with Gasteiger partial charge >= 0.3 is 0 Å². The second-order valence-electron chi connectivity index (χ2n) is 10.1. The number of nitrogens with zero attached hydrogens (tertiary/aromatic N) is 3. The van der Waals surface area contributed by atoms with Crippen LogP contribution in [0.15, 0.2) is 101 Å². The molecular formula is C31H22BrN3O7. The summed E-state index contributed by atoms with van der Waals surface area (Å²) in [5.41, 5.74) is 1.10. The van der Waals surface area contributed by atoms with Crippen molar-refractivity contribution < 1.29 is 28.8 Å². The van der Waals surface area contributed by atoms with E-state index in [2.05, 4.69) is 15.9 Å². The number of carbonyl (C=O) groups excluding carboxylic acids is 4. The molecular weight excluding hydrogens is 606 g/mol. The number of ether oxygens (including phenoxy) is 1. The van der Waals surface area contributed by atoms with Gasteiger partial charge < -0.3 is 9.64 Å². The number of halogens is 1. The van der Waals surface area contributed by atoms with Gasteiger partial charge in [0.15, 0.2) is 11.6 Å². The molecule has 42 heavy (non-hydrogen) atoms. The summed E-state index contributed by atoms with van der Waals surface area (Å²) in [6.45, 7) is 0. The summed E-state index contributed by atoms with van der Waals surface area (Å²) in [4.78, 5) is 68.5. The molecule has 2 saturated heterocycles. The molecule has 0 spiro atoms. The molecule has 0 aliphatic carbocycles. The van der Waals surface area contributed by atoms with E-state index in [1.54, 1.807) is 71.8 Å². The van der Waals surface area contributed by atoms with E-state index in [9.17, 15) is 29.3 Å². The fourth-order valence-corrected chi connectivity index (χ4v) is 6.46. The lowest BCUT2D eigenvalue weighted by atomic mass is 9.85. The molecule has 210 valence electrons. The van der Waals surface area contributed by atoms with Crippen molar-refractivity contribution in [3.8, 4) is 5.75 Å². The zero-order chi connectivity index (χ0) is 29.7. The summed E-state index contributed by atoms with van der Waals surface area (Å²) in [7, 11) is 1.50. The first kappa shape index (κ1) is 27.3. The van der Waals surface area contributed by atoms with Crippen LogP contribution in [0.2, 0.25) is 0 Å². The van der Waals surface area contributed by atoms with Crippen molar-refractivity contribution >= 4 is 50.7 Å². The van der Waals surface area contributed by atoms with Gasteiger partial charge in [0.1, 0.15) is 11.8 Å². The van der Waals surface area contributed by atoms with Crippen LogP contribution in [0.25, 0.3) is 0 Å². The van der Waals surface area contributed by atoms with Crippen LogP contribution in [0.3, 0.4) is 0 Å². The van der Waals surface area contributed by atoms with E-state index in [0.717, 1.165) is 4.90 Å². The molecule has 6 rings (SSSR count). The molecule has 2 fully saturated rings. The van der Waals surface area contributed by atoms with Gasteiger partial charge in [-0.3, -0.25) is 29.3 Å². The van der Waals surface area contributed by atoms with Crippen LogP contribution >= 0.6 is 15.9 Å². The Hall–Kier alpha value is -4.90. The van der Waals surface area contributed by atoms with Crippen LogP contribution in [-0.4, -0.2) is 52.4 Å². The number of rotatable bonds is 7. The summed E-state index contributed by atoms with van der Waals surface area (Å²) in [6.07, 6.45) is 4.85. The fourth-order valence-electron chi connectivity index (χ4n) is 5.92. The summed E-state index contributed by atoms with van der Waals surface area (Å²) in [6, 6.07) is 16.8.